The zero-order chi connectivity index (χ0) is 44.3. The molecule has 0 spiro atoms. The second-order valence-corrected chi connectivity index (χ2v) is 25.4. The van der Waals surface area contributed by atoms with Crippen molar-refractivity contribution in [2.24, 2.45) is 29.1 Å². The molecule has 4 bridgehead atoms. The smallest absolute Gasteiger partial charge is 0.0402 e. The number of halogens is 2. The molecule has 63 heavy (non-hydrogen) atoms. The molecule has 4 aromatic carbocycles. The van der Waals surface area contributed by atoms with Crippen LogP contribution in [0.4, 0.5) is 0 Å². The van der Waals surface area contributed by atoms with Crippen LogP contribution in [0.3, 0.4) is 0 Å². The van der Waals surface area contributed by atoms with E-state index in [4.69, 9.17) is 0 Å². The van der Waals surface area contributed by atoms with Crippen LogP contribution in [0, 0.1) is 41.2 Å². The van der Waals surface area contributed by atoms with Crippen LogP contribution in [0.15, 0.2) is 96.1 Å². The van der Waals surface area contributed by atoms with Gasteiger partial charge in [-0.15, -0.1) is 11.1 Å². The van der Waals surface area contributed by atoms with E-state index in [1.165, 1.54) is 95.1 Å². The first-order valence-corrected chi connectivity index (χ1v) is 24.9. The molecule has 0 aromatic heterocycles. The van der Waals surface area contributed by atoms with Crippen LogP contribution >= 0.6 is 0 Å². The third kappa shape index (κ3) is 12.2. The van der Waals surface area contributed by atoms with Gasteiger partial charge in [-0.3, -0.25) is 6.08 Å². The monoisotopic (exact) mass is 956 g/mol. The summed E-state index contributed by atoms with van der Waals surface area (Å²) in [6.07, 6.45) is 17.8. The molecule has 0 saturated heterocycles. The van der Waals surface area contributed by atoms with Crippen molar-refractivity contribution in [3.63, 3.8) is 0 Å². The van der Waals surface area contributed by atoms with Gasteiger partial charge in [0, 0.05) is 0 Å². The number of allylic oxidation sites excluding steroid dienone is 4. The zero-order valence-corrected chi connectivity index (χ0v) is 45.3. The summed E-state index contributed by atoms with van der Waals surface area (Å²) in [4.78, 5) is 0. The summed E-state index contributed by atoms with van der Waals surface area (Å²) in [7, 11) is 0. The summed E-state index contributed by atoms with van der Waals surface area (Å²) in [6, 6.07) is 33.3. The van der Waals surface area contributed by atoms with E-state index in [1.54, 1.807) is 44.1 Å². The van der Waals surface area contributed by atoms with Gasteiger partial charge in [0.1, 0.15) is 0 Å². The Kier molecular flexibility index (Phi) is 16.0. The first kappa shape index (κ1) is 51.7. The van der Waals surface area contributed by atoms with Crippen molar-refractivity contribution in [2.75, 3.05) is 0 Å². The maximum atomic E-state index is 3.67. The molecule has 0 aliphatic heterocycles. The van der Waals surface area contributed by atoms with Gasteiger partial charge in [-0.05, 0) is 90.1 Å². The third-order valence-electron chi connectivity index (χ3n) is 14.7. The van der Waals surface area contributed by atoms with E-state index in [-0.39, 0.29) is 46.5 Å². The molecular weight excluding hydrogens is 883 g/mol. The molecule has 1 atom stereocenters. The van der Waals surface area contributed by atoms with Crippen LogP contribution in [0.1, 0.15) is 186 Å². The first-order valence-electron chi connectivity index (χ1n) is 23.7. The minimum absolute atomic E-state index is 0. The van der Waals surface area contributed by atoms with Crippen LogP contribution in [0.2, 0.25) is 0 Å². The summed E-state index contributed by atoms with van der Waals surface area (Å²) in [5.41, 5.74) is 18.4. The molecular formula is C60H76Cl2Zr-2. The molecule has 0 N–H and O–H groups in total. The van der Waals surface area contributed by atoms with Crippen molar-refractivity contribution in [1.82, 2.24) is 0 Å². The van der Waals surface area contributed by atoms with Gasteiger partial charge in [0.15, 0.2) is 0 Å². The molecule has 0 amide bonds. The molecule has 4 aromatic rings. The molecule has 4 fully saturated rings. The Bertz CT molecular complexity index is 2130. The normalized spacial score (nSPS) is 23.1. The number of hydrogen-bond acceptors (Lipinski definition) is 0. The maximum absolute atomic E-state index is 3.67. The third-order valence-corrected chi connectivity index (χ3v) is 16.1. The van der Waals surface area contributed by atoms with Gasteiger partial charge in [0.05, 0.1) is 0 Å². The van der Waals surface area contributed by atoms with E-state index in [2.05, 4.69) is 194 Å². The molecule has 3 heteroatoms. The topological polar surface area (TPSA) is 0 Å². The fraction of sp³-hybridized carbons (Fsp3) is 0.517. The molecule has 0 heterocycles. The first-order chi connectivity index (χ1) is 28.4. The fourth-order valence-corrected chi connectivity index (χ4v) is 12.3. The minimum atomic E-state index is 0. The molecule has 0 nitrogen and oxygen atoms in total. The van der Waals surface area contributed by atoms with Gasteiger partial charge in [-0.2, -0.15) is 35.4 Å². The van der Waals surface area contributed by atoms with E-state index in [0.717, 1.165) is 24.2 Å². The predicted molar refractivity (Wildman–Crippen MR) is 259 cm³/mol. The van der Waals surface area contributed by atoms with Crippen molar-refractivity contribution >= 4 is 3.21 Å². The van der Waals surface area contributed by atoms with Crippen LogP contribution in [-0.4, -0.2) is 3.21 Å². The Hall–Kier alpha value is -2.31. The number of benzene rings is 4. The standard InChI is InChI=1S/C21H25.C21H26.C18H25.2ClH.Zr/c1-20(2,3)16-7-9-18-14(12-16)11-15-13-17(21(4,5)6)8-10-19(15)18;1-20(2,3)18-11-7-16(8-12-18)15-17-9-13-19(14-10-17)21(4,5)6;1-12-3-13(2)17(4-12)11-18-8-14-5-15(9-18)7-16(6-14)10-18;;;/h7-10,12H,11H2,1-6H3;7-14H,1-6H3;4,12,14-16H,5-11H2,1-2H3;2*1H;/q-1;;-1;;;+2/p-2. The summed E-state index contributed by atoms with van der Waals surface area (Å²) < 4.78 is 1.42. The predicted octanol–water partition coefficient (Wildman–Crippen LogP) is 9.98. The van der Waals surface area contributed by atoms with Crippen LogP contribution in [0.5, 0.6) is 0 Å². The Morgan fingerprint density at radius 1 is 0.603 bits per heavy atom. The van der Waals surface area contributed by atoms with E-state index in [9.17, 15) is 0 Å². The van der Waals surface area contributed by atoms with Crippen LogP contribution in [0.25, 0.3) is 11.1 Å². The quantitative estimate of drug-likeness (QED) is 0.158. The van der Waals surface area contributed by atoms with Gasteiger partial charge in [0.2, 0.25) is 0 Å². The van der Waals surface area contributed by atoms with E-state index < -0.39 is 0 Å². The molecule has 6 aliphatic carbocycles. The molecule has 6 aliphatic rings. The number of hydrogen-bond donors (Lipinski definition) is 0. The minimum Gasteiger partial charge on any atom is -1.00 e. The molecule has 4 saturated carbocycles. The molecule has 1 unspecified atom stereocenters. The zero-order valence-electron chi connectivity index (χ0n) is 41.3. The summed E-state index contributed by atoms with van der Waals surface area (Å²) in [5, 5.41) is 0. The van der Waals surface area contributed by atoms with Crippen molar-refractivity contribution in [3.05, 3.63) is 153 Å². The Morgan fingerprint density at radius 2 is 1.05 bits per heavy atom. The number of fused-ring (bicyclic) bond motifs is 3. The second-order valence-electron chi connectivity index (χ2n) is 24.2. The number of rotatable bonds is 4. The average Bonchev–Trinajstić information content (AvgIpc) is 3.69. The van der Waals surface area contributed by atoms with Crippen LogP contribution < -0.4 is 24.8 Å². The summed E-state index contributed by atoms with van der Waals surface area (Å²) >= 11 is 1.46. The van der Waals surface area contributed by atoms with Gasteiger partial charge >= 0.3 is 151 Å². The van der Waals surface area contributed by atoms with Gasteiger partial charge in [-0.1, -0.05) is 91.5 Å². The van der Waals surface area contributed by atoms with E-state index in [0.29, 0.717) is 11.3 Å². The van der Waals surface area contributed by atoms with E-state index >= 15 is 0 Å². The van der Waals surface area contributed by atoms with Gasteiger partial charge in [0.25, 0.3) is 0 Å². The summed E-state index contributed by atoms with van der Waals surface area (Å²) in [5.74, 6) is 3.82. The molecule has 0 radical (unpaired) electrons. The van der Waals surface area contributed by atoms with Gasteiger partial charge in [-0.25, -0.2) is 5.57 Å². The van der Waals surface area contributed by atoms with Crippen molar-refractivity contribution < 1.29 is 49.0 Å². The van der Waals surface area contributed by atoms with E-state index in [1.807, 2.05) is 0 Å². The Labute approximate surface area is 412 Å². The second kappa shape index (κ2) is 19.5. The SMILES string of the molecule is CC(C)(C)c1[c-]c2c(cc1)-c1ccc(C(C)(C)C)cc1C2.CC(C)(C)c1ccc([C](=[Zr+2])c2ccc(C(C)(C)C)cc2)cc1.CC1=[C-]C(C)C=C1CC12CC3CC(CC(C3)C1)C2.[Cl-].[Cl-]. The van der Waals surface area contributed by atoms with Crippen molar-refractivity contribution in [2.45, 2.75) is 170 Å². The Morgan fingerprint density at radius 3 is 1.46 bits per heavy atom. The van der Waals surface area contributed by atoms with Crippen molar-refractivity contribution in [3.8, 4) is 11.1 Å². The summed E-state index contributed by atoms with van der Waals surface area (Å²) in [6.45, 7) is 31.7. The fourth-order valence-electron chi connectivity index (χ4n) is 11.5. The maximum Gasteiger partial charge on any atom is -0.0402 e. The largest absolute Gasteiger partial charge is 1.00 e. The van der Waals surface area contributed by atoms with Gasteiger partial charge < -0.3 is 24.8 Å². The van der Waals surface area contributed by atoms with Crippen molar-refractivity contribution in [1.29, 1.82) is 0 Å². The Balaban J connectivity index is 0.000000176. The average molecular weight is 959 g/mol. The molecule has 336 valence electrons. The molecule has 10 rings (SSSR count). The van der Waals surface area contributed by atoms with Crippen LogP contribution in [-0.2, 0) is 52.3 Å².